The van der Waals surface area contributed by atoms with Gasteiger partial charge in [0, 0.05) is 6.42 Å². The van der Waals surface area contributed by atoms with Crippen LogP contribution in [-0.4, -0.2) is 16.1 Å². The van der Waals surface area contributed by atoms with E-state index >= 15 is 0 Å². The molecular weight excluding hydrogens is 348 g/mol. The highest BCUT2D eigenvalue weighted by Gasteiger charge is 2.20. The lowest BCUT2D eigenvalue weighted by Gasteiger charge is -1.99. The van der Waals surface area contributed by atoms with Gasteiger partial charge in [-0.2, -0.15) is 0 Å². The minimum atomic E-state index is -0.591. The van der Waals surface area contributed by atoms with Gasteiger partial charge in [0.15, 0.2) is 0 Å². The monoisotopic (exact) mass is 380 g/mol. The fourth-order valence-corrected chi connectivity index (χ4v) is 2.54. The average Bonchev–Trinajstić information content (AvgIpc) is 2.63. The molecule has 0 rings (SSSR count). The summed E-state index contributed by atoms with van der Waals surface area (Å²) >= 11 is 0. The lowest BCUT2D eigenvalue weighted by atomic mass is 10.1. The van der Waals surface area contributed by atoms with E-state index in [1.54, 1.807) is 0 Å². The second-order valence-electron chi connectivity index (χ2n) is 6.44. The second kappa shape index (κ2) is 17.1. The maximum Gasteiger partial charge on any atom is 0.253 e. The van der Waals surface area contributed by atoms with Gasteiger partial charge < -0.3 is 4.79 Å². The Bertz CT molecular complexity index is 538. The third kappa shape index (κ3) is 14.5. The molecule has 7 heteroatoms. The van der Waals surface area contributed by atoms with Gasteiger partial charge in [0.1, 0.15) is 12.7 Å². The number of nitro groups is 2. The summed E-state index contributed by atoms with van der Waals surface area (Å²) in [5.74, 6) is 0. The van der Waals surface area contributed by atoms with Crippen LogP contribution in [0.1, 0.15) is 84.0 Å². The van der Waals surface area contributed by atoms with Gasteiger partial charge in [0.25, 0.3) is 11.4 Å². The zero-order chi connectivity index (χ0) is 20.3. The van der Waals surface area contributed by atoms with Gasteiger partial charge in [-0.25, -0.2) is 0 Å². The maximum atomic E-state index is 11.1. The molecule has 0 bridgehead atoms. The first-order valence-corrected chi connectivity index (χ1v) is 9.78. The number of carbonyl (C=O) groups is 1. The van der Waals surface area contributed by atoms with E-state index in [1.165, 1.54) is 44.3 Å². The van der Waals surface area contributed by atoms with E-state index in [0.717, 1.165) is 19.1 Å². The van der Waals surface area contributed by atoms with Crippen molar-refractivity contribution in [2.45, 2.75) is 84.0 Å². The first kappa shape index (κ1) is 24.7. The quantitative estimate of drug-likeness (QED) is 0.105. The fraction of sp³-hybridized carbons (Fsp3) is 0.650. The zero-order valence-electron chi connectivity index (χ0n) is 16.3. The molecule has 27 heavy (non-hydrogen) atoms. The Morgan fingerprint density at radius 2 is 1.41 bits per heavy atom. The summed E-state index contributed by atoms with van der Waals surface area (Å²) < 4.78 is 0. The van der Waals surface area contributed by atoms with Crippen LogP contribution in [-0.2, 0) is 4.79 Å². The summed E-state index contributed by atoms with van der Waals surface area (Å²) in [4.78, 5) is 31.3. The number of rotatable bonds is 17. The Morgan fingerprint density at radius 1 is 0.778 bits per heavy atom. The predicted molar refractivity (Wildman–Crippen MR) is 106 cm³/mol. The van der Waals surface area contributed by atoms with Gasteiger partial charge in [-0.1, -0.05) is 51.2 Å². The molecule has 0 atom stereocenters. The molecule has 0 aliphatic heterocycles. The average molecular weight is 380 g/mol. The van der Waals surface area contributed by atoms with E-state index in [9.17, 15) is 25.0 Å². The van der Waals surface area contributed by atoms with E-state index in [2.05, 4.69) is 6.92 Å². The molecule has 0 heterocycles. The van der Waals surface area contributed by atoms with Crippen LogP contribution in [0.25, 0.3) is 0 Å². The molecule has 0 aliphatic carbocycles. The van der Waals surface area contributed by atoms with Crippen molar-refractivity contribution in [1.29, 1.82) is 0 Å². The molecule has 0 amide bonds. The van der Waals surface area contributed by atoms with Gasteiger partial charge in [-0.3, -0.25) is 20.2 Å². The summed E-state index contributed by atoms with van der Waals surface area (Å²) in [5, 5.41) is 22.2. The number of aldehydes is 1. The largest absolute Gasteiger partial charge is 0.303 e. The molecule has 0 spiro atoms. The predicted octanol–water partition coefficient (Wildman–Crippen LogP) is 5.76. The molecule has 7 nitrogen and oxygen atoms in total. The highest BCUT2D eigenvalue weighted by Crippen LogP contribution is 2.15. The minimum absolute atomic E-state index is 0.169. The maximum absolute atomic E-state index is 11.1. The molecule has 0 aliphatic rings. The first-order chi connectivity index (χ1) is 13.0. The lowest BCUT2D eigenvalue weighted by Crippen LogP contribution is -2.06. The van der Waals surface area contributed by atoms with Gasteiger partial charge >= 0.3 is 0 Å². The second-order valence-corrected chi connectivity index (χ2v) is 6.44. The van der Waals surface area contributed by atoms with E-state index in [-0.39, 0.29) is 17.8 Å². The van der Waals surface area contributed by atoms with Crippen molar-refractivity contribution in [3.8, 4) is 0 Å². The van der Waals surface area contributed by atoms with Crippen molar-refractivity contribution in [3.05, 3.63) is 55.9 Å². The Hall–Kier alpha value is -2.31. The van der Waals surface area contributed by atoms with Crippen LogP contribution in [0, 0.1) is 20.2 Å². The molecule has 0 saturated carbocycles. The molecule has 0 fully saturated rings. The van der Waals surface area contributed by atoms with Gasteiger partial charge in [0.2, 0.25) is 0 Å². The number of hydrogen-bond acceptors (Lipinski definition) is 5. The highest BCUT2D eigenvalue weighted by atomic mass is 16.6. The van der Waals surface area contributed by atoms with Crippen molar-refractivity contribution >= 4 is 6.29 Å². The summed E-state index contributed by atoms with van der Waals surface area (Å²) in [7, 11) is 0. The molecule has 0 unspecified atom stereocenters. The number of allylic oxidation sites excluding steroid dienone is 4. The van der Waals surface area contributed by atoms with Crippen LogP contribution >= 0.6 is 0 Å². The Labute approximate surface area is 161 Å². The van der Waals surface area contributed by atoms with Crippen molar-refractivity contribution in [2.24, 2.45) is 0 Å². The Balaban J connectivity index is 4.42. The highest BCUT2D eigenvalue weighted by molar-refractivity contribution is 5.49. The third-order valence-electron chi connectivity index (χ3n) is 4.12. The third-order valence-corrected chi connectivity index (χ3v) is 4.12. The number of hydrogen-bond donors (Lipinski definition) is 0. The molecule has 0 aromatic heterocycles. The van der Waals surface area contributed by atoms with Crippen LogP contribution in [0.4, 0.5) is 0 Å². The summed E-state index contributed by atoms with van der Waals surface area (Å²) in [6, 6.07) is 0. The van der Waals surface area contributed by atoms with Crippen molar-refractivity contribution in [1.82, 2.24) is 0 Å². The van der Waals surface area contributed by atoms with Gasteiger partial charge in [0.05, 0.1) is 9.85 Å². The standard InChI is InChI=1S/C20H32N2O5/c1-2-3-4-5-6-7-8-9-10-12-15-19(21(24)25)18-20(22(26)27)16-13-11-14-17-23/h9-10,15-17H,2-8,11-14,18H2,1H3/b10-9+,19-15-,20-16-. The van der Waals surface area contributed by atoms with E-state index in [1.807, 2.05) is 12.2 Å². The first-order valence-electron chi connectivity index (χ1n) is 9.78. The van der Waals surface area contributed by atoms with E-state index in [4.69, 9.17) is 0 Å². The summed E-state index contributed by atoms with van der Waals surface area (Å²) in [5.41, 5.74) is -0.363. The number of carbonyl (C=O) groups excluding carboxylic acids is 1. The number of nitrogens with zero attached hydrogens (tertiary/aromatic N) is 2. The Morgan fingerprint density at radius 3 is 2.04 bits per heavy atom. The molecule has 0 radical (unpaired) electrons. The van der Waals surface area contributed by atoms with Crippen LogP contribution in [0.5, 0.6) is 0 Å². The molecule has 0 N–H and O–H groups in total. The van der Waals surface area contributed by atoms with Crippen LogP contribution in [0.2, 0.25) is 0 Å². The number of unbranched alkanes of at least 4 members (excludes halogenated alkanes) is 8. The van der Waals surface area contributed by atoms with E-state index in [0.29, 0.717) is 25.7 Å². The van der Waals surface area contributed by atoms with Crippen molar-refractivity contribution in [3.63, 3.8) is 0 Å². The molecule has 0 aromatic rings. The molecular formula is C20H32N2O5. The SMILES string of the molecule is CCCCCCCC/C=C/C/C=C(/C/C(=C/CCCC=O)[N+](=O)[O-])[N+](=O)[O-]. The van der Waals surface area contributed by atoms with Gasteiger partial charge in [-0.15, -0.1) is 0 Å². The zero-order valence-corrected chi connectivity index (χ0v) is 16.3. The summed E-state index contributed by atoms with van der Waals surface area (Å²) in [6.07, 6.45) is 17.0. The van der Waals surface area contributed by atoms with Gasteiger partial charge in [-0.05, 0) is 44.3 Å². The van der Waals surface area contributed by atoms with E-state index < -0.39 is 9.85 Å². The van der Waals surface area contributed by atoms with Crippen LogP contribution in [0.15, 0.2) is 35.7 Å². The smallest absolute Gasteiger partial charge is 0.253 e. The fourth-order valence-electron chi connectivity index (χ4n) is 2.54. The van der Waals surface area contributed by atoms with Crippen molar-refractivity contribution in [2.75, 3.05) is 0 Å². The molecule has 0 aromatic carbocycles. The molecule has 152 valence electrons. The summed E-state index contributed by atoms with van der Waals surface area (Å²) in [6.45, 7) is 2.19. The lowest BCUT2D eigenvalue weighted by molar-refractivity contribution is -0.450. The Kier molecular flexibility index (Phi) is 15.7. The van der Waals surface area contributed by atoms with Crippen molar-refractivity contribution < 1.29 is 14.6 Å². The normalized spacial score (nSPS) is 12.5. The van der Waals surface area contributed by atoms with Crippen LogP contribution in [0.3, 0.4) is 0 Å². The van der Waals surface area contributed by atoms with Crippen LogP contribution < -0.4 is 0 Å². The molecule has 0 saturated heterocycles. The topological polar surface area (TPSA) is 103 Å². The minimum Gasteiger partial charge on any atom is -0.303 e.